The maximum absolute atomic E-state index is 5.94. The Kier molecular flexibility index (Phi) is 1.89. The molecule has 78 valence electrons. The first-order valence-electron chi connectivity index (χ1n) is 5.26. The maximum atomic E-state index is 5.94. The zero-order valence-electron chi connectivity index (χ0n) is 8.48. The summed E-state index contributed by atoms with van der Waals surface area (Å²) in [6, 6.07) is 5.91. The summed E-state index contributed by atoms with van der Waals surface area (Å²) in [4.78, 5) is 4.43. The zero-order valence-corrected chi connectivity index (χ0v) is 8.48. The van der Waals surface area contributed by atoms with Crippen LogP contribution in [0.25, 0.3) is 5.52 Å². The molecule has 1 fully saturated rings. The van der Waals surface area contributed by atoms with Gasteiger partial charge < -0.3 is 11.1 Å². The molecule has 0 spiro atoms. The minimum Gasteiger partial charge on any atom is -0.385 e. The van der Waals surface area contributed by atoms with Crippen LogP contribution in [0, 0.1) is 5.92 Å². The molecule has 0 aromatic carbocycles. The zero-order chi connectivity index (χ0) is 10.3. The highest BCUT2D eigenvalue weighted by Gasteiger charge is 2.19. The number of rotatable bonds is 2. The third-order valence-electron chi connectivity index (χ3n) is 2.99. The van der Waals surface area contributed by atoms with E-state index in [2.05, 4.69) is 10.3 Å². The van der Waals surface area contributed by atoms with Crippen LogP contribution in [0.5, 0.6) is 0 Å². The van der Waals surface area contributed by atoms with Crippen molar-refractivity contribution in [1.29, 1.82) is 0 Å². The maximum Gasteiger partial charge on any atom is 0.115 e. The fourth-order valence-corrected chi connectivity index (χ4v) is 2.04. The van der Waals surface area contributed by atoms with Crippen LogP contribution in [0.4, 0.5) is 5.82 Å². The van der Waals surface area contributed by atoms with E-state index in [9.17, 15) is 0 Å². The van der Waals surface area contributed by atoms with Gasteiger partial charge in [0.05, 0.1) is 11.7 Å². The molecule has 0 atom stereocenters. The van der Waals surface area contributed by atoms with Crippen LogP contribution in [0.3, 0.4) is 0 Å². The molecular formula is C11H14N4. The lowest BCUT2D eigenvalue weighted by Gasteiger charge is -2.26. The average Bonchev–Trinajstić information content (AvgIpc) is 2.56. The smallest absolute Gasteiger partial charge is 0.115 e. The minimum atomic E-state index is 0.718. The topological polar surface area (TPSA) is 55.3 Å². The van der Waals surface area contributed by atoms with Crippen molar-refractivity contribution in [3.05, 3.63) is 30.2 Å². The van der Waals surface area contributed by atoms with Crippen LogP contribution in [0.15, 0.2) is 24.4 Å². The number of pyridine rings is 1. The molecule has 15 heavy (non-hydrogen) atoms. The monoisotopic (exact) mass is 202 g/mol. The number of aromatic nitrogens is 2. The number of hydrogen-bond donors (Lipinski definition) is 2. The van der Waals surface area contributed by atoms with E-state index in [4.69, 9.17) is 5.73 Å². The molecule has 0 radical (unpaired) electrons. The molecule has 0 aliphatic carbocycles. The number of imidazole rings is 1. The van der Waals surface area contributed by atoms with E-state index in [-0.39, 0.29) is 0 Å². The average molecular weight is 202 g/mol. The van der Waals surface area contributed by atoms with Crippen molar-refractivity contribution in [3.63, 3.8) is 0 Å². The number of nitrogens with zero attached hydrogens (tertiary/aromatic N) is 2. The number of hydrogen-bond acceptors (Lipinski definition) is 3. The number of nitrogens with two attached hydrogens (primary N) is 1. The number of fused-ring (bicyclic) bond motifs is 1. The van der Waals surface area contributed by atoms with E-state index in [1.165, 1.54) is 0 Å². The van der Waals surface area contributed by atoms with Crippen molar-refractivity contribution in [3.8, 4) is 0 Å². The Hall–Kier alpha value is -1.55. The van der Waals surface area contributed by atoms with Gasteiger partial charge in [-0.15, -0.1) is 0 Å². The minimum absolute atomic E-state index is 0.718. The van der Waals surface area contributed by atoms with Crippen LogP contribution in [0.1, 0.15) is 5.82 Å². The summed E-state index contributed by atoms with van der Waals surface area (Å²) in [5, 5.41) is 3.27. The molecule has 1 aliphatic heterocycles. The Balaban J connectivity index is 2.02. The molecule has 1 aliphatic rings. The second-order valence-corrected chi connectivity index (χ2v) is 4.11. The van der Waals surface area contributed by atoms with Crippen LogP contribution in [-0.4, -0.2) is 22.5 Å². The van der Waals surface area contributed by atoms with E-state index >= 15 is 0 Å². The van der Waals surface area contributed by atoms with E-state index in [0.29, 0.717) is 0 Å². The number of nitrogens with one attached hydrogen (secondary N) is 1. The molecule has 2 aromatic rings. The van der Waals surface area contributed by atoms with Gasteiger partial charge >= 0.3 is 0 Å². The second kappa shape index (κ2) is 3.24. The molecule has 2 aromatic heterocycles. The molecule has 0 unspecified atom stereocenters. The number of nitrogen functional groups attached to an aromatic ring is 1. The van der Waals surface area contributed by atoms with Gasteiger partial charge in [-0.25, -0.2) is 4.98 Å². The van der Waals surface area contributed by atoms with Gasteiger partial charge in [0.1, 0.15) is 11.6 Å². The number of anilines is 1. The van der Waals surface area contributed by atoms with E-state index in [1.54, 1.807) is 0 Å². The summed E-state index contributed by atoms with van der Waals surface area (Å²) in [5.41, 5.74) is 7.02. The lowest BCUT2D eigenvalue weighted by atomic mass is 9.99. The molecule has 0 amide bonds. The summed E-state index contributed by atoms with van der Waals surface area (Å²) in [5.74, 6) is 2.57. The van der Waals surface area contributed by atoms with Crippen molar-refractivity contribution in [1.82, 2.24) is 14.7 Å². The van der Waals surface area contributed by atoms with Crippen molar-refractivity contribution in [2.45, 2.75) is 6.42 Å². The quantitative estimate of drug-likeness (QED) is 0.753. The van der Waals surface area contributed by atoms with Crippen LogP contribution < -0.4 is 11.1 Å². The second-order valence-electron chi connectivity index (χ2n) is 4.11. The first-order chi connectivity index (χ1) is 7.34. The Bertz CT molecular complexity index is 484. The van der Waals surface area contributed by atoms with Gasteiger partial charge in [0.15, 0.2) is 0 Å². The molecule has 4 heteroatoms. The van der Waals surface area contributed by atoms with Gasteiger partial charge in [0.2, 0.25) is 0 Å². The third kappa shape index (κ3) is 1.37. The molecule has 3 N–H and O–H groups in total. The highest BCUT2D eigenvalue weighted by atomic mass is 15.1. The SMILES string of the molecule is Nc1cccc2cnc(CC3CNC3)n12. The predicted molar refractivity (Wildman–Crippen MR) is 59.7 cm³/mol. The predicted octanol–water partition coefficient (Wildman–Crippen LogP) is 0.678. The standard InChI is InChI=1S/C11H14N4/c12-10-3-1-2-9-7-14-11(15(9)10)4-8-5-13-6-8/h1-3,7-8,13H,4-6,12H2. The lowest BCUT2D eigenvalue weighted by Crippen LogP contribution is -2.43. The van der Waals surface area contributed by atoms with E-state index in [0.717, 1.165) is 42.6 Å². The Morgan fingerprint density at radius 2 is 2.33 bits per heavy atom. The van der Waals surface area contributed by atoms with Gasteiger partial charge in [-0.3, -0.25) is 4.40 Å². The highest BCUT2D eigenvalue weighted by molar-refractivity contribution is 5.53. The largest absolute Gasteiger partial charge is 0.385 e. The van der Waals surface area contributed by atoms with Gasteiger partial charge in [0.25, 0.3) is 0 Å². The molecule has 3 rings (SSSR count). The van der Waals surface area contributed by atoms with E-state index < -0.39 is 0 Å². The van der Waals surface area contributed by atoms with Crippen molar-refractivity contribution in [2.75, 3.05) is 18.8 Å². The lowest BCUT2D eigenvalue weighted by molar-refractivity contribution is 0.341. The van der Waals surface area contributed by atoms with Crippen molar-refractivity contribution >= 4 is 11.3 Å². The molecule has 3 heterocycles. The first-order valence-corrected chi connectivity index (χ1v) is 5.26. The first kappa shape index (κ1) is 8.73. The van der Waals surface area contributed by atoms with Gasteiger partial charge in [-0.05, 0) is 31.1 Å². The fourth-order valence-electron chi connectivity index (χ4n) is 2.04. The molecule has 0 bridgehead atoms. The summed E-state index contributed by atoms with van der Waals surface area (Å²) in [6.07, 6.45) is 2.90. The van der Waals surface area contributed by atoms with Crippen LogP contribution in [-0.2, 0) is 6.42 Å². The Labute approximate surface area is 88.1 Å². The van der Waals surface area contributed by atoms with Gasteiger partial charge in [0, 0.05) is 6.42 Å². The molecule has 0 saturated carbocycles. The van der Waals surface area contributed by atoms with Crippen LogP contribution in [0.2, 0.25) is 0 Å². The van der Waals surface area contributed by atoms with Crippen molar-refractivity contribution in [2.24, 2.45) is 5.92 Å². The summed E-state index contributed by atoms with van der Waals surface area (Å²) >= 11 is 0. The molecule has 4 nitrogen and oxygen atoms in total. The van der Waals surface area contributed by atoms with Gasteiger partial charge in [-0.1, -0.05) is 6.07 Å². The normalized spacial score (nSPS) is 16.8. The Morgan fingerprint density at radius 3 is 3.07 bits per heavy atom. The molecular weight excluding hydrogens is 188 g/mol. The summed E-state index contributed by atoms with van der Waals surface area (Å²) in [7, 11) is 0. The fraction of sp³-hybridized carbons (Fsp3) is 0.364. The Morgan fingerprint density at radius 1 is 1.47 bits per heavy atom. The van der Waals surface area contributed by atoms with Gasteiger partial charge in [-0.2, -0.15) is 0 Å². The van der Waals surface area contributed by atoms with Crippen molar-refractivity contribution < 1.29 is 0 Å². The van der Waals surface area contributed by atoms with Crippen LogP contribution >= 0.6 is 0 Å². The van der Waals surface area contributed by atoms with E-state index in [1.807, 2.05) is 28.8 Å². The third-order valence-corrected chi connectivity index (χ3v) is 2.99. The highest BCUT2D eigenvalue weighted by Crippen LogP contribution is 2.16. The summed E-state index contributed by atoms with van der Waals surface area (Å²) in [6.45, 7) is 2.20. The molecule has 1 saturated heterocycles. The summed E-state index contributed by atoms with van der Waals surface area (Å²) < 4.78 is 2.04.